The number of anilines is 1. The lowest BCUT2D eigenvalue weighted by Crippen LogP contribution is -2.27. The van der Waals surface area contributed by atoms with Crippen LogP contribution in [0.15, 0.2) is 39.6 Å². The van der Waals surface area contributed by atoms with Gasteiger partial charge in [-0.3, -0.25) is 9.52 Å². The van der Waals surface area contributed by atoms with E-state index in [4.69, 9.17) is 4.42 Å². The topological polar surface area (TPSA) is 88.4 Å². The molecule has 2 N–H and O–H groups in total. The van der Waals surface area contributed by atoms with Crippen LogP contribution in [-0.4, -0.2) is 20.4 Å². The van der Waals surface area contributed by atoms with Crippen molar-refractivity contribution in [3.05, 3.63) is 47.4 Å². The molecule has 1 amide bonds. The molecule has 1 aliphatic carbocycles. The fourth-order valence-corrected chi connectivity index (χ4v) is 3.65. The van der Waals surface area contributed by atoms with Crippen molar-refractivity contribution in [1.29, 1.82) is 0 Å². The van der Waals surface area contributed by atoms with Crippen molar-refractivity contribution in [3.8, 4) is 0 Å². The molecular weight excluding hydrogens is 316 g/mol. The average Bonchev–Trinajstić information content (AvgIpc) is 3.21. The molecule has 0 bridgehead atoms. The lowest BCUT2D eigenvalue weighted by Gasteiger charge is -2.12. The molecule has 1 saturated carbocycles. The van der Waals surface area contributed by atoms with Gasteiger partial charge < -0.3 is 9.73 Å². The molecule has 1 fully saturated rings. The fourth-order valence-electron chi connectivity index (χ4n) is 2.33. The van der Waals surface area contributed by atoms with Gasteiger partial charge in [-0.05, 0) is 38.8 Å². The van der Waals surface area contributed by atoms with E-state index in [1.807, 2.05) is 0 Å². The molecular formula is C16H18N2O4S. The molecule has 6 nitrogen and oxygen atoms in total. The first-order valence-corrected chi connectivity index (χ1v) is 8.85. The molecule has 7 heteroatoms. The second-order valence-corrected chi connectivity index (χ2v) is 7.33. The van der Waals surface area contributed by atoms with Crippen LogP contribution >= 0.6 is 0 Å². The van der Waals surface area contributed by atoms with E-state index in [0.29, 0.717) is 17.1 Å². The molecule has 3 rings (SSSR count). The van der Waals surface area contributed by atoms with Gasteiger partial charge >= 0.3 is 0 Å². The number of aryl methyl sites for hydroxylation is 2. The number of amides is 1. The van der Waals surface area contributed by atoms with Crippen molar-refractivity contribution < 1.29 is 17.6 Å². The summed E-state index contributed by atoms with van der Waals surface area (Å²) in [6.45, 7) is 3.27. The van der Waals surface area contributed by atoms with Gasteiger partial charge in [0, 0.05) is 12.1 Å². The zero-order valence-corrected chi connectivity index (χ0v) is 13.7. The van der Waals surface area contributed by atoms with Crippen LogP contribution in [0.1, 0.15) is 34.7 Å². The van der Waals surface area contributed by atoms with E-state index in [1.165, 1.54) is 6.07 Å². The van der Waals surface area contributed by atoms with Crippen LogP contribution in [-0.2, 0) is 10.0 Å². The number of carbonyl (C=O) groups excluding carboxylic acids is 1. The van der Waals surface area contributed by atoms with Crippen LogP contribution in [0, 0.1) is 13.8 Å². The first-order valence-electron chi connectivity index (χ1n) is 7.36. The van der Waals surface area contributed by atoms with Gasteiger partial charge in [0.25, 0.3) is 15.9 Å². The Labute approximate surface area is 134 Å². The zero-order chi connectivity index (χ0) is 16.6. The van der Waals surface area contributed by atoms with E-state index in [0.717, 1.165) is 12.8 Å². The Morgan fingerprint density at radius 2 is 1.91 bits per heavy atom. The number of rotatable bonds is 5. The van der Waals surface area contributed by atoms with Gasteiger partial charge in [0.05, 0.1) is 11.3 Å². The number of sulfonamides is 1. The third-order valence-electron chi connectivity index (χ3n) is 3.61. The van der Waals surface area contributed by atoms with Crippen LogP contribution in [0.25, 0.3) is 0 Å². The molecule has 122 valence electrons. The summed E-state index contributed by atoms with van der Waals surface area (Å²) < 4.78 is 32.8. The summed E-state index contributed by atoms with van der Waals surface area (Å²) in [5.74, 6) is 0.559. The second kappa shape index (κ2) is 5.73. The van der Waals surface area contributed by atoms with E-state index >= 15 is 0 Å². The van der Waals surface area contributed by atoms with Gasteiger partial charge in [-0.2, -0.15) is 0 Å². The van der Waals surface area contributed by atoms with Gasteiger partial charge in [-0.1, -0.05) is 12.1 Å². The smallest absolute Gasteiger partial charge is 0.265 e. The molecule has 0 saturated heterocycles. The third kappa shape index (κ3) is 3.39. The largest absolute Gasteiger partial charge is 0.465 e. The highest BCUT2D eigenvalue weighted by Crippen LogP contribution is 2.25. The number of nitrogens with one attached hydrogen (secondary N) is 2. The van der Waals surface area contributed by atoms with Gasteiger partial charge in [-0.25, -0.2) is 8.42 Å². The highest BCUT2D eigenvalue weighted by Gasteiger charge is 2.26. The molecule has 0 aliphatic heterocycles. The minimum Gasteiger partial charge on any atom is -0.465 e. The van der Waals surface area contributed by atoms with E-state index in [1.54, 1.807) is 38.1 Å². The van der Waals surface area contributed by atoms with Gasteiger partial charge in [0.15, 0.2) is 0 Å². The Balaban J connectivity index is 1.90. The number of furan rings is 1. The van der Waals surface area contributed by atoms with Crippen molar-refractivity contribution >= 4 is 21.6 Å². The number of hydrogen-bond donors (Lipinski definition) is 2. The summed E-state index contributed by atoms with van der Waals surface area (Å²) in [4.78, 5) is 12.3. The molecule has 1 aliphatic rings. The second-order valence-electron chi connectivity index (χ2n) is 5.68. The Kier molecular flexibility index (Phi) is 3.89. The predicted octanol–water partition coefficient (Wildman–Crippen LogP) is 2.59. The molecule has 23 heavy (non-hydrogen) atoms. The lowest BCUT2D eigenvalue weighted by atomic mass is 10.1. The monoisotopic (exact) mass is 334 g/mol. The molecule has 1 heterocycles. The zero-order valence-electron chi connectivity index (χ0n) is 12.9. The van der Waals surface area contributed by atoms with E-state index in [-0.39, 0.29) is 22.5 Å². The maximum absolute atomic E-state index is 12.5. The van der Waals surface area contributed by atoms with Gasteiger partial charge in [-0.15, -0.1) is 0 Å². The highest BCUT2D eigenvalue weighted by molar-refractivity contribution is 7.92. The van der Waals surface area contributed by atoms with Crippen molar-refractivity contribution in [2.75, 3.05) is 4.72 Å². The number of carbonyl (C=O) groups is 1. The molecule has 0 atom stereocenters. The summed E-state index contributed by atoms with van der Waals surface area (Å²) >= 11 is 0. The van der Waals surface area contributed by atoms with Crippen molar-refractivity contribution in [1.82, 2.24) is 5.32 Å². The van der Waals surface area contributed by atoms with Crippen molar-refractivity contribution in [2.24, 2.45) is 0 Å². The molecule has 2 aromatic rings. The van der Waals surface area contributed by atoms with E-state index in [9.17, 15) is 13.2 Å². The van der Waals surface area contributed by atoms with Crippen LogP contribution in [0.3, 0.4) is 0 Å². The van der Waals surface area contributed by atoms with E-state index in [2.05, 4.69) is 10.0 Å². The van der Waals surface area contributed by atoms with Crippen LogP contribution in [0.4, 0.5) is 5.69 Å². The maximum atomic E-state index is 12.5. The molecule has 0 radical (unpaired) electrons. The summed E-state index contributed by atoms with van der Waals surface area (Å²) in [6.07, 6.45) is 1.93. The Hall–Kier alpha value is -2.28. The lowest BCUT2D eigenvalue weighted by molar-refractivity contribution is 0.0952. The quantitative estimate of drug-likeness (QED) is 0.879. The van der Waals surface area contributed by atoms with E-state index < -0.39 is 10.0 Å². The molecule has 0 spiro atoms. The summed E-state index contributed by atoms with van der Waals surface area (Å²) in [6, 6.07) is 8.22. The summed E-state index contributed by atoms with van der Waals surface area (Å²) in [7, 11) is -3.82. The summed E-state index contributed by atoms with van der Waals surface area (Å²) in [5.41, 5.74) is 0.560. The Bertz CT molecular complexity index is 851. The van der Waals surface area contributed by atoms with Crippen molar-refractivity contribution in [2.45, 2.75) is 37.6 Å². The summed E-state index contributed by atoms with van der Waals surface area (Å²) in [5, 5.41) is 2.86. The number of hydrogen-bond acceptors (Lipinski definition) is 4. The Morgan fingerprint density at radius 1 is 1.22 bits per heavy atom. The Morgan fingerprint density at radius 3 is 2.52 bits per heavy atom. The fraction of sp³-hybridized carbons (Fsp3) is 0.312. The highest BCUT2D eigenvalue weighted by atomic mass is 32.2. The first kappa shape index (κ1) is 15.6. The van der Waals surface area contributed by atoms with Crippen LogP contribution < -0.4 is 10.0 Å². The normalized spacial score (nSPS) is 14.5. The minimum absolute atomic E-state index is 0.0763. The van der Waals surface area contributed by atoms with Crippen LogP contribution in [0.2, 0.25) is 0 Å². The molecule has 1 aromatic heterocycles. The van der Waals surface area contributed by atoms with Gasteiger partial charge in [0.1, 0.15) is 16.4 Å². The molecule has 1 aromatic carbocycles. The predicted molar refractivity (Wildman–Crippen MR) is 85.9 cm³/mol. The first-order chi connectivity index (χ1) is 10.9. The standard InChI is InChI=1S/C16H18N2O4S/c1-10-9-15(11(2)22-10)23(20,21)18-14-6-4-3-5-13(14)16(19)17-12-7-8-12/h3-6,9,12,18H,7-8H2,1-2H3,(H,17,19). The average molecular weight is 334 g/mol. The number of para-hydroxylation sites is 1. The van der Waals surface area contributed by atoms with Crippen molar-refractivity contribution in [3.63, 3.8) is 0 Å². The van der Waals surface area contributed by atoms with Crippen LogP contribution in [0.5, 0.6) is 0 Å². The van der Waals surface area contributed by atoms with Gasteiger partial charge in [0.2, 0.25) is 0 Å². The maximum Gasteiger partial charge on any atom is 0.265 e. The number of benzene rings is 1. The SMILES string of the molecule is Cc1cc(S(=O)(=O)Nc2ccccc2C(=O)NC2CC2)c(C)o1. The third-order valence-corrected chi connectivity index (χ3v) is 5.09. The molecule has 0 unspecified atom stereocenters. The minimum atomic E-state index is -3.82.